The number of carbonyl (C=O) groups excluding carboxylic acids is 1. The van der Waals surface area contributed by atoms with Crippen molar-refractivity contribution in [2.75, 3.05) is 0 Å². The van der Waals surface area contributed by atoms with E-state index in [9.17, 15) is 4.79 Å². The number of hydrogen-bond acceptors (Lipinski definition) is 2. The third kappa shape index (κ3) is 1.72. The first kappa shape index (κ1) is 10.6. The summed E-state index contributed by atoms with van der Waals surface area (Å²) in [5.41, 5.74) is -0.245. The van der Waals surface area contributed by atoms with E-state index in [-0.39, 0.29) is 11.6 Å². The van der Waals surface area contributed by atoms with E-state index < -0.39 is 0 Å². The molecule has 76 valence electrons. The topological polar surface area (TPSA) is 26.3 Å². The fourth-order valence-corrected chi connectivity index (χ4v) is 2.19. The van der Waals surface area contributed by atoms with Crippen molar-refractivity contribution in [3.8, 4) is 0 Å². The largest absolute Gasteiger partial charge is 0.459 e. The van der Waals surface area contributed by atoms with Crippen LogP contribution in [0.2, 0.25) is 0 Å². The number of rotatable bonds is 2. The monoisotopic (exact) mass is 184 g/mol. The Labute approximate surface area is 80.7 Å². The van der Waals surface area contributed by atoms with Gasteiger partial charge in [-0.05, 0) is 18.8 Å². The van der Waals surface area contributed by atoms with Crippen molar-refractivity contribution < 1.29 is 9.53 Å². The molecule has 2 heteroatoms. The van der Waals surface area contributed by atoms with E-state index in [0.717, 1.165) is 0 Å². The summed E-state index contributed by atoms with van der Waals surface area (Å²) >= 11 is 0. The third-order valence-electron chi connectivity index (χ3n) is 3.41. The predicted molar refractivity (Wildman–Crippen MR) is 52.3 cm³/mol. The van der Waals surface area contributed by atoms with Crippen LogP contribution in [-0.2, 0) is 9.53 Å². The SMILES string of the molecule is CC(C)[C@@H]1CC(=O)O[C@]1(C)C(C)C. The lowest BCUT2D eigenvalue weighted by atomic mass is 9.74. The molecule has 0 bridgehead atoms. The Morgan fingerprint density at radius 1 is 1.38 bits per heavy atom. The second kappa shape index (κ2) is 3.32. The Kier molecular flexibility index (Phi) is 2.69. The molecule has 1 rings (SSSR count). The van der Waals surface area contributed by atoms with Gasteiger partial charge in [-0.25, -0.2) is 0 Å². The molecule has 2 atom stereocenters. The molecule has 2 nitrogen and oxygen atoms in total. The molecule has 0 amide bonds. The Morgan fingerprint density at radius 2 is 1.92 bits per heavy atom. The van der Waals surface area contributed by atoms with E-state index in [0.29, 0.717) is 24.2 Å². The van der Waals surface area contributed by atoms with Gasteiger partial charge in [0.05, 0.1) is 6.42 Å². The van der Waals surface area contributed by atoms with Crippen molar-refractivity contribution in [3.63, 3.8) is 0 Å². The smallest absolute Gasteiger partial charge is 0.306 e. The normalized spacial score (nSPS) is 34.4. The molecule has 0 unspecified atom stereocenters. The Balaban J connectivity index is 2.88. The molecule has 1 saturated heterocycles. The zero-order valence-electron chi connectivity index (χ0n) is 9.26. The van der Waals surface area contributed by atoms with Crippen LogP contribution >= 0.6 is 0 Å². The maximum Gasteiger partial charge on any atom is 0.306 e. The highest BCUT2D eigenvalue weighted by atomic mass is 16.6. The van der Waals surface area contributed by atoms with Crippen LogP contribution in [0, 0.1) is 17.8 Å². The molecule has 13 heavy (non-hydrogen) atoms. The molecule has 0 spiro atoms. The second-order valence-corrected chi connectivity index (χ2v) is 4.87. The molecule has 1 heterocycles. The minimum Gasteiger partial charge on any atom is -0.459 e. The molecule has 0 radical (unpaired) electrons. The lowest BCUT2D eigenvalue weighted by Crippen LogP contribution is -2.39. The van der Waals surface area contributed by atoms with Crippen molar-refractivity contribution in [2.24, 2.45) is 17.8 Å². The molecule has 0 aromatic heterocycles. The molecular weight excluding hydrogens is 164 g/mol. The Morgan fingerprint density at radius 3 is 2.23 bits per heavy atom. The van der Waals surface area contributed by atoms with Crippen molar-refractivity contribution >= 4 is 5.97 Å². The number of ether oxygens (including phenoxy) is 1. The average Bonchev–Trinajstić information content (AvgIpc) is 2.27. The minimum absolute atomic E-state index is 0.0325. The summed E-state index contributed by atoms with van der Waals surface area (Å²) in [5.74, 6) is 1.25. The Hall–Kier alpha value is -0.530. The average molecular weight is 184 g/mol. The minimum atomic E-state index is -0.245. The fourth-order valence-electron chi connectivity index (χ4n) is 2.19. The van der Waals surface area contributed by atoms with Crippen LogP contribution in [0.25, 0.3) is 0 Å². The highest BCUT2D eigenvalue weighted by Gasteiger charge is 2.48. The highest BCUT2D eigenvalue weighted by Crippen LogP contribution is 2.42. The first-order valence-corrected chi connectivity index (χ1v) is 5.09. The van der Waals surface area contributed by atoms with Crippen LogP contribution in [0.5, 0.6) is 0 Å². The first-order chi connectivity index (χ1) is 5.88. The van der Waals surface area contributed by atoms with Gasteiger partial charge in [-0.3, -0.25) is 4.79 Å². The van der Waals surface area contributed by atoms with Crippen LogP contribution in [0.4, 0.5) is 0 Å². The third-order valence-corrected chi connectivity index (χ3v) is 3.41. The molecule has 0 aromatic rings. The van der Waals surface area contributed by atoms with Crippen LogP contribution in [0.1, 0.15) is 41.0 Å². The van der Waals surface area contributed by atoms with Crippen LogP contribution in [0.15, 0.2) is 0 Å². The van der Waals surface area contributed by atoms with E-state index in [2.05, 4.69) is 34.6 Å². The van der Waals surface area contributed by atoms with E-state index in [4.69, 9.17) is 4.74 Å². The Bertz CT molecular complexity index is 208. The molecule has 0 aromatic carbocycles. The van der Waals surface area contributed by atoms with Gasteiger partial charge in [0, 0.05) is 5.92 Å². The molecule has 0 aliphatic carbocycles. The number of cyclic esters (lactones) is 1. The summed E-state index contributed by atoms with van der Waals surface area (Å²) < 4.78 is 5.45. The van der Waals surface area contributed by atoms with E-state index in [1.165, 1.54) is 0 Å². The van der Waals surface area contributed by atoms with Gasteiger partial charge in [0.25, 0.3) is 0 Å². The van der Waals surface area contributed by atoms with Gasteiger partial charge in [-0.2, -0.15) is 0 Å². The van der Waals surface area contributed by atoms with Crippen molar-refractivity contribution in [1.82, 2.24) is 0 Å². The standard InChI is InChI=1S/C11H20O2/c1-7(2)9-6-10(12)13-11(9,5)8(3)4/h7-9H,6H2,1-5H3/t9-,11+/m0/s1. The van der Waals surface area contributed by atoms with Gasteiger partial charge in [-0.1, -0.05) is 27.7 Å². The first-order valence-electron chi connectivity index (χ1n) is 5.09. The molecule has 1 aliphatic rings. The molecular formula is C11H20O2. The lowest BCUT2D eigenvalue weighted by Gasteiger charge is -2.35. The van der Waals surface area contributed by atoms with E-state index >= 15 is 0 Å². The van der Waals surface area contributed by atoms with E-state index in [1.54, 1.807) is 0 Å². The van der Waals surface area contributed by atoms with Gasteiger partial charge in [0.15, 0.2) is 0 Å². The van der Waals surface area contributed by atoms with Gasteiger partial charge < -0.3 is 4.74 Å². The molecule has 0 N–H and O–H groups in total. The second-order valence-electron chi connectivity index (χ2n) is 4.87. The summed E-state index contributed by atoms with van der Waals surface area (Å²) in [6, 6.07) is 0. The molecule has 1 fully saturated rings. The quantitative estimate of drug-likeness (QED) is 0.617. The summed E-state index contributed by atoms with van der Waals surface area (Å²) in [4.78, 5) is 11.3. The van der Waals surface area contributed by atoms with Gasteiger partial charge in [0.1, 0.15) is 5.60 Å². The van der Waals surface area contributed by atoms with Gasteiger partial charge >= 0.3 is 5.97 Å². The zero-order chi connectivity index (χ0) is 10.2. The van der Waals surface area contributed by atoms with Crippen LogP contribution < -0.4 is 0 Å². The maximum absolute atomic E-state index is 11.3. The lowest BCUT2D eigenvalue weighted by molar-refractivity contribution is -0.152. The predicted octanol–water partition coefficient (Wildman–Crippen LogP) is 2.62. The number of carbonyl (C=O) groups is 1. The summed E-state index contributed by atoms with van der Waals surface area (Å²) in [5, 5.41) is 0. The number of hydrogen-bond donors (Lipinski definition) is 0. The fraction of sp³-hybridized carbons (Fsp3) is 0.909. The maximum atomic E-state index is 11.3. The van der Waals surface area contributed by atoms with Crippen LogP contribution in [-0.4, -0.2) is 11.6 Å². The molecule has 0 saturated carbocycles. The number of esters is 1. The highest BCUT2D eigenvalue weighted by molar-refractivity contribution is 5.73. The summed E-state index contributed by atoms with van der Waals surface area (Å²) in [7, 11) is 0. The van der Waals surface area contributed by atoms with E-state index in [1.807, 2.05) is 0 Å². The van der Waals surface area contributed by atoms with Gasteiger partial charge in [-0.15, -0.1) is 0 Å². The van der Waals surface area contributed by atoms with Crippen molar-refractivity contribution in [3.05, 3.63) is 0 Å². The van der Waals surface area contributed by atoms with Crippen molar-refractivity contribution in [1.29, 1.82) is 0 Å². The van der Waals surface area contributed by atoms with Crippen LogP contribution in [0.3, 0.4) is 0 Å². The summed E-state index contributed by atoms with van der Waals surface area (Å²) in [6.07, 6.45) is 0.590. The summed E-state index contributed by atoms with van der Waals surface area (Å²) in [6.45, 7) is 10.6. The van der Waals surface area contributed by atoms with Crippen molar-refractivity contribution in [2.45, 2.75) is 46.6 Å². The molecule has 1 aliphatic heterocycles. The van der Waals surface area contributed by atoms with Gasteiger partial charge in [0.2, 0.25) is 0 Å². The zero-order valence-corrected chi connectivity index (χ0v) is 9.26.